The number of aliphatic hydroxyl groups excluding tert-OH is 5. The number of hydrogen-bond acceptors (Lipinski definition) is 11. The third kappa shape index (κ3) is 3.99. The monoisotopic (exact) mass is 556 g/mol. The second-order valence-corrected chi connectivity index (χ2v) is 13.5. The molecule has 0 radical (unpaired) electrons. The van der Waals surface area contributed by atoms with Crippen molar-refractivity contribution in [3.8, 4) is 0 Å². The predicted molar refractivity (Wildman–Crippen MR) is 135 cm³/mol. The largest absolute Gasteiger partial charge is 0.462 e. The first-order valence-corrected chi connectivity index (χ1v) is 14.0. The van der Waals surface area contributed by atoms with Crippen molar-refractivity contribution < 1.29 is 54.8 Å². The zero-order chi connectivity index (χ0) is 28.9. The zero-order valence-corrected chi connectivity index (χ0v) is 23.1. The van der Waals surface area contributed by atoms with Crippen LogP contribution in [0.2, 0.25) is 0 Å². The summed E-state index contributed by atoms with van der Waals surface area (Å²) < 4.78 is 17.6. The summed E-state index contributed by atoms with van der Waals surface area (Å²) in [6.45, 7) is 10.4. The molecule has 1 saturated heterocycles. The van der Waals surface area contributed by atoms with E-state index in [0.717, 1.165) is 0 Å². The fourth-order valence-electron chi connectivity index (χ4n) is 9.12. The van der Waals surface area contributed by atoms with Crippen molar-refractivity contribution in [3.05, 3.63) is 12.2 Å². The maximum Gasteiger partial charge on any atom is 0.302 e. The molecule has 4 saturated carbocycles. The van der Waals surface area contributed by atoms with Crippen molar-refractivity contribution in [3.63, 3.8) is 0 Å². The Bertz CT molecular complexity index is 996. The predicted octanol–water partition coefficient (Wildman–Crippen LogP) is -0.631. The van der Waals surface area contributed by atoms with Gasteiger partial charge in [0, 0.05) is 29.6 Å². The Kier molecular flexibility index (Phi) is 7.10. The molecule has 14 atom stereocenters. The average molecular weight is 557 g/mol. The Balaban J connectivity index is 1.48. The summed E-state index contributed by atoms with van der Waals surface area (Å²) in [7, 11) is 0. The van der Waals surface area contributed by atoms with Crippen LogP contribution in [0.4, 0.5) is 0 Å². The van der Waals surface area contributed by atoms with E-state index >= 15 is 0 Å². The van der Waals surface area contributed by atoms with Gasteiger partial charge in [0.25, 0.3) is 0 Å². The second-order valence-electron chi connectivity index (χ2n) is 13.5. The number of esters is 1. The van der Waals surface area contributed by atoms with Gasteiger partial charge in [0.05, 0.1) is 24.4 Å². The van der Waals surface area contributed by atoms with Crippen molar-refractivity contribution in [1.82, 2.24) is 0 Å². The lowest BCUT2D eigenvalue weighted by molar-refractivity contribution is -0.321. The Morgan fingerprint density at radius 3 is 2.33 bits per heavy atom. The van der Waals surface area contributed by atoms with Crippen molar-refractivity contribution in [1.29, 1.82) is 0 Å². The van der Waals surface area contributed by atoms with E-state index in [1.807, 2.05) is 0 Å². The van der Waals surface area contributed by atoms with Crippen LogP contribution >= 0.6 is 0 Å². The topological polar surface area (TPSA) is 186 Å². The summed E-state index contributed by atoms with van der Waals surface area (Å²) in [5.74, 6) is -1.61. The van der Waals surface area contributed by atoms with Gasteiger partial charge in [0.1, 0.15) is 36.1 Å². The Labute approximate surface area is 228 Å². The Morgan fingerprint density at radius 1 is 1.05 bits per heavy atom. The van der Waals surface area contributed by atoms with Crippen LogP contribution in [0.1, 0.15) is 59.8 Å². The molecule has 5 rings (SSSR count). The van der Waals surface area contributed by atoms with E-state index in [-0.39, 0.29) is 24.7 Å². The van der Waals surface area contributed by atoms with Gasteiger partial charge in [0.15, 0.2) is 6.29 Å². The second kappa shape index (κ2) is 9.43. The lowest BCUT2D eigenvalue weighted by Gasteiger charge is -2.48. The van der Waals surface area contributed by atoms with Crippen molar-refractivity contribution in [2.45, 2.75) is 120 Å². The van der Waals surface area contributed by atoms with E-state index in [1.165, 1.54) is 6.92 Å². The molecule has 1 aliphatic heterocycles. The number of carbonyl (C=O) groups is 1. The average Bonchev–Trinajstić information content (AvgIpc) is 3.08. The molecule has 0 amide bonds. The smallest absolute Gasteiger partial charge is 0.302 e. The van der Waals surface area contributed by atoms with Crippen LogP contribution in [0.5, 0.6) is 0 Å². The Hall–Kier alpha value is -1.15. The van der Waals surface area contributed by atoms with Crippen LogP contribution < -0.4 is 0 Å². The quantitative estimate of drug-likeness (QED) is 0.173. The highest BCUT2D eigenvalue weighted by atomic mass is 16.7. The maximum absolute atomic E-state index is 12.4. The molecule has 0 unspecified atom stereocenters. The lowest BCUT2D eigenvalue weighted by atomic mass is 9.61. The third-order valence-electron chi connectivity index (χ3n) is 11.1. The van der Waals surface area contributed by atoms with Crippen LogP contribution in [0, 0.1) is 28.6 Å². The molecule has 2 bridgehead atoms. The first-order valence-electron chi connectivity index (χ1n) is 14.0. The molecule has 11 nitrogen and oxygen atoms in total. The van der Waals surface area contributed by atoms with Gasteiger partial charge in [-0.2, -0.15) is 0 Å². The molecule has 1 heterocycles. The van der Waals surface area contributed by atoms with Crippen LogP contribution in [-0.4, -0.2) is 109 Å². The third-order valence-corrected chi connectivity index (χ3v) is 11.1. The van der Waals surface area contributed by atoms with Crippen LogP contribution in [0.3, 0.4) is 0 Å². The van der Waals surface area contributed by atoms with Gasteiger partial charge in [-0.05, 0) is 44.9 Å². The van der Waals surface area contributed by atoms with E-state index in [1.54, 1.807) is 20.8 Å². The van der Waals surface area contributed by atoms with E-state index in [9.17, 15) is 40.5 Å². The number of ether oxygens (including phenoxy) is 3. The molecule has 0 aromatic heterocycles. The van der Waals surface area contributed by atoms with Crippen molar-refractivity contribution in [2.24, 2.45) is 28.6 Å². The van der Waals surface area contributed by atoms with Gasteiger partial charge in [-0.25, -0.2) is 0 Å². The standard InChI is InChI=1S/C28H44O11/c1-12-14-6-7-15-23(37-13(2)30)27(14,11-26(15,5)35)9-18(31)28(36)16(12)8-19(25(28,3)4)39-24-22(34)21(33)20(32)17(10-29)38-24/h14-24,29,31-36H,1,6-11H2,2-5H3/t14-,15-,16-,17+,18+,19-,20+,21-,22+,23+,24-,26+,27-,28-/m0/s1. The number of fused-ring (bicyclic) bond motifs is 2. The zero-order valence-electron chi connectivity index (χ0n) is 23.1. The fraction of sp³-hybridized carbons (Fsp3) is 0.893. The summed E-state index contributed by atoms with van der Waals surface area (Å²) in [5.41, 5.74) is -4.03. The first kappa shape index (κ1) is 29.3. The molecule has 0 aromatic rings. The van der Waals surface area contributed by atoms with Crippen molar-refractivity contribution >= 4 is 5.97 Å². The molecule has 0 aromatic carbocycles. The molecular formula is C28H44O11. The van der Waals surface area contributed by atoms with Gasteiger partial charge in [-0.15, -0.1) is 0 Å². The van der Waals surface area contributed by atoms with Crippen molar-refractivity contribution in [2.75, 3.05) is 6.61 Å². The van der Waals surface area contributed by atoms with Crippen LogP contribution in [-0.2, 0) is 19.0 Å². The minimum Gasteiger partial charge on any atom is -0.462 e. The van der Waals surface area contributed by atoms with E-state index in [4.69, 9.17) is 14.2 Å². The van der Waals surface area contributed by atoms with Crippen LogP contribution in [0.15, 0.2) is 12.2 Å². The maximum atomic E-state index is 12.4. The highest BCUT2D eigenvalue weighted by Gasteiger charge is 2.73. The molecular weight excluding hydrogens is 512 g/mol. The highest BCUT2D eigenvalue weighted by Crippen LogP contribution is 2.69. The summed E-state index contributed by atoms with van der Waals surface area (Å²) in [4.78, 5) is 12.1. The highest BCUT2D eigenvalue weighted by molar-refractivity contribution is 5.66. The summed E-state index contributed by atoms with van der Waals surface area (Å²) >= 11 is 0. The number of rotatable bonds is 4. The van der Waals surface area contributed by atoms with Gasteiger partial charge in [0.2, 0.25) is 0 Å². The molecule has 5 aliphatic rings. The SMILES string of the molecule is C=C1[C@@H]2CC[C@H]3[C@@H](OC(C)=O)[C@@]2(C[C@@H](O)[C@@]2(O)[C@H]1C[C@H](O[C@@H]1O[C@H](CO)[C@@H](O)[C@H](O)[C@H]1O)C2(C)C)C[C@@]3(C)O. The number of hydrogen-bond donors (Lipinski definition) is 7. The minimum atomic E-state index is -1.72. The Morgan fingerprint density at radius 2 is 1.72 bits per heavy atom. The normalized spacial score (nSPS) is 54.5. The van der Waals surface area contributed by atoms with E-state index < -0.39 is 89.5 Å². The molecule has 11 heteroatoms. The number of aliphatic hydroxyl groups is 7. The molecule has 7 N–H and O–H groups in total. The van der Waals surface area contributed by atoms with Crippen LogP contribution in [0.25, 0.3) is 0 Å². The first-order chi connectivity index (χ1) is 18.0. The fourth-order valence-corrected chi connectivity index (χ4v) is 9.12. The summed E-state index contributed by atoms with van der Waals surface area (Å²) in [6.07, 6.45) is -8.06. The van der Waals surface area contributed by atoms with E-state index in [2.05, 4.69) is 6.58 Å². The molecule has 5 fully saturated rings. The molecule has 39 heavy (non-hydrogen) atoms. The summed E-state index contributed by atoms with van der Waals surface area (Å²) in [5, 5.41) is 76.1. The van der Waals surface area contributed by atoms with E-state index in [0.29, 0.717) is 24.8 Å². The molecule has 1 spiro atoms. The van der Waals surface area contributed by atoms with Gasteiger partial charge in [-0.1, -0.05) is 26.0 Å². The minimum absolute atomic E-state index is 0.0878. The van der Waals surface area contributed by atoms with Gasteiger partial charge >= 0.3 is 5.97 Å². The lowest BCUT2D eigenvalue weighted by Crippen LogP contribution is -2.61. The number of carbonyl (C=O) groups excluding carboxylic acids is 1. The molecule has 4 aliphatic carbocycles. The van der Waals surface area contributed by atoms with Gasteiger partial charge in [-0.3, -0.25) is 4.79 Å². The summed E-state index contributed by atoms with van der Waals surface area (Å²) in [6, 6.07) is 0. The van der Waals surface area contributed by atoms with Gasteiger partial charge < -0.3 is 50.0 Å². The molecule has 222 valence electrons.